The minimum atomic E-state index is -0.147. The van der Waals surface area contributed by atoms with Crippen LogP contribution in [-0.2, 0) is 11.4 Å². The molecule has 0 unspecified atom stereocenters. The zero-order valence-electron chi connectivity index (χ0n) is 19.1. The fourth-order valence-electron chi connectivity index (χ4n) is 3.97. The zero-order valence-corrected chi connectivity index (χ0v) is 20.8. The van der Waals surface area contributed by atoms with Crippen LogP contribution in [0.25, 0.3) is 16.8 Å². The van der Waals surface area contributed by atoms with Gasteiger partial charge in [-0.25, -0.2) is 0 Å². The van der Waals surface area contributed by atoms with Crippen LogP contribution in [0.4, 0.5) is 5.69 Å². The quantitative estimate of drug-likeness (QED) is 0.199. The summed E-state index contributed by atoms with van der Waals surface area (Å²) in [5.41, 5.74) is 2.66. The normalized spacial score (nSPS) is 14.7. The highest BCUT2D eigenvalue weighted by Crippen LogP contribution is 2.39. The van der Waals surface area contributed by atoms with Crippen LogP contribution in [0.15, 0.2) is 95.9 Å². The molecule has 1 aliphatic rings. The molecule has 6 heteroatoms. The molecular formula is C29H23NO3S2. The summed E-state index contributed by atoms with van der Waals surface area (Å²) in [5, 5.41) is 2.09. The summed E-state index contributed by atoms with van der Waals surface area (Å²) in [7, 11) is 0. The highest BCUT2D eigenvalue weighted by atomic mass is 32.2. The maximum Gasteiger partial charge on any atom is 0.270 e. The number of anilines is 1. The van der Waals surface area contributed by atoms with Crippen LogP contribution in [0.5, 0.6) is 11.5 Å². The first-order valence-electron chi connectivity index (χ1n) is 11.3. The number of ether oxygens (including phenoxy) is 2. The predicted octanol–water partition coefficient (Wildman–Crippen LogP) is 7.22. The lowest BCUT2D eigenvalue weighted by Gasteiger charge is -2.15. The average molecular weight is 498 g/mol. The van der Waals surface area contributed by atoms with E-state index in [2.05, 4.69) is 6.07 Å². The molecule has 0 aliphatic carbocycles. The molecule has 0 atom stereocenters. The molecule has 0 N–H and O–H groups in total. The molecule has 4 nitrogen and oxygen atoms in total. The van der Waals surface area contributed by atoms with Crippen molar-refractivity contribution in [3.63, 3.8) is 0 Å². The van der Waals surface area contributed by atoms with Gasteiger partial charge in [-0.05, 0) is 59.7 Å². The van der Waals surface area contributed by atoms with Gasteiger partial charge in [0.05, 0.1) is 17.2 Å². The number of carbonyl (C=O) groups is 1. The topological polar surface area (TPSA) is 38.8 Å². The number of nitrogens with zero attached hydrogens (tertiary/aromatic N) is 1. The van der Waals surface area contributed by atoms with Crippen molar-refractivity contribution in [3.8, 4) is 11.5 Å². The van der Waals surface area contributed by atoms with E-state index in [1.807, 2.05) is 97.9 Å². The Labute approximate surface area is 214 Å². The van der Waals surface area contributed by atoms with Crippen molar-refractivity contribution in [2.45, 2.75) is 13.5 Å². The molecule has 35 heavy (non-hydrogen) atoms. The molecule has 5 rings (SSSR count). The van der Waals surface area contributed by atoms with Crippen LogP contribution in [0.2, 0.25) is 0 Å². The largest absolute Gasteiger partial charge is 0.494 e. The Hall–Kier alpha value is -3.61. The molecular weight excluding hydrogens is 474 g/mol. The maximum atomic E-state index is 13.4. The van der Waals surface area contributed by atoms with Crippen molar-refractivity contribution in [2.75, 3.05) is 11.5 Å². The second kappa shape index (κ2) is 10.3. The van der Waals surface area contributed by atoms with Gasteiger partial charge in [0, 0.05) is 5.56 Å². The monoisotopic (exact) mass is 497 g/mol. The van der Waals surface area contributed by atoms with Crippen molar-refractivity contribution in [1.82, 2.24) is 0 Å². The Morgan fingerprint density at radius 3 is 2.40 bits per heavy atom. The first kappa shape index (κ1) is 23.1. The van der Waals surface area contributed by atoms with Gasteiger partial charge in [-0.1, -0.05) is 84.6 Å². The minimum absolute atomic E-state index is 0.147. The smallest absolute Gasteiger partial charge is 0.270 e. The van der Waals surface area contributed by atoms with Gasteiger partial charge in [0.15, 0.2) is 4.32 Å². The molecule has 0 bridgehead atoms. The van der Waals surface area contributed by atoms with Crippen molar-refractivity contribution < 1.29 is 14.3 Å². The van der Waals surface area contributed by atoms with Crippen molar-refractivity contribution in [3.05, 3.63) is 107 Å². The molecule has 174 valence electrons. The van der Waals surface area contributed by atoms with Gasteiger partial charge in [-0.15, -0.1) is 0 Å². The van der Waals surface area contributed by atoms with Crippen molar-refractivity contribution >= 4 is 56.7 Å². The molecule has 1 fully saturated rings. The maximum absolute atomic E-state index is 13.4. The summed E-state index contributed by atoms with van der Waals surface area (Å²) in [6, 6.07) is 29.5. The number of hydrogen-bond donors (Lipinski definition) is 0. The average Bonchev–Trinajstić information content (AvgIpc) is 3.17. The van der Waals surface area contributed by atoms with Crippen LogP contribution in [-0.4, -0.2) is 16.8 Å². The molecule has 4 aromatic carbocycles. The summed E-state index contributed by atoms with van der Waals surface area (Å²) in [5.74, 6) is 1.33. The molecule has 0 radical (unpaired) electrons. The number of amides is 1. The van der Waals surface area contributed by atoms with Gasteiger partial charge in [-0.3, -0.25) is 9.69 Å². The Morgan fingerprint density at radius 1 is 0.886 bits per heavy atom. The number of hydrogen-bond acceptors (Lipinski definition) is 5. The molecule has 0 spiro atoms. The van der Waals surface area contributed by atoms with E-state index >= 15 is 0 Å². The Balaban J connectivity index is 1.49. The molecule has 1 aliphatic heterocycles. The second-order valence-electron chi connectivity index (χ2n) is 7.92. The van der Waals surface area contributed by atoms with Gasteiger partial charge in [0.2, 0.25) is 0 Å². The van der Waals surface area contributed by atoms with Crippen molar-refractivity contribution in [2.24, 2.45) is 0 Å². The zero-order chi connectivity index (χ0) is 24.2. The van der Waals surface area contributed by atoms with Gasteiger partial charge < -0.3 is 9.47 Å². The minimum Gasteiger partial charge on any atom is -0.494 e. The van der Waals surface area contributed by atoms with E-state index in [0.717, 1.165) is 39.1 Å². The third kappa shape index (κ3) is 4.94. The van der Waals surface area contributed by atoms with E-state index in [1.165, 1.54) is 11.8 Å². The summed E-state index contributed by atoms with van der Waals surface area (Å²) >= 11 is 6.89. The van der Waals surface area contributed by atoms with Crippen LogP contribution in [0.3, 0.4) is 0 Å². The predicted molar refractivity (Wildman–Crippen MR) is 148 cm³/mol. The standard InChI is InChI=1S/C29H23NO3S2/c1-2-32-23-15-13-22(14-16-23)30-28(31)27(35-29(30)34)18-25-24-11-7-6-10-21(24)12-17-26(25)33-19-20-8-4-3-5-9-20/h3-18H,2,19H2,1H3/b27-18+. The number of benzene rings is 4. The Kier molecular flexibility index (Phi) is 6.84. The summed E-state index contributed by atoms with van der Waals surface area (Å²) in [6.45, 7) is 2.96. The number of fused-ring (bicyclic) bond motifs is 1. The van der Waals surface area contributed by atoms with E-state index in [9.17, 15) is 4.79 Å². The van der Waals surface area contributed by atoms with Gasteiger partial charge in [0.25, 0.3) is 5.91 Å². The molecule has 1 saturated heterocycles. The van der Waals surface area contributed by atoms with Crippen LogP contribution in [0, 0.1) is 0 Å². The first-order chi connectivity index (χ1) is 17.1. The summed E-state index contributed by atoms with van der Waals surface area (Å²) in [6.07, 6.45) is 1.90. The van der Waals surface area contributed by atoms with Crippen molar-refractivity contribution in [1.29, 1.82) is 0 Å². The van der Waals surface area contributed by atoms with E-state index in [1.54, 1.807) is 4.90 Å². The van der Waals surface area contributed by atoms with E-state index < -0.39 is 0 Å². The number of carbonyl (C=O) groups excluding carboxylic acids is 1. The number of thioether (sulfide) groups is 1. The third-order valence-corrected chi connectivity index (χ3v) is 6.95. The van der Waals surface area contributed by atoms with Gasteiger partial charge in [0.1, 0.15) is 18.1 Å². The Morgan fingerprint density at radius 2 is 1.63 bits per heavy atom. The van der Waals surface area contributed by atoms with Crippen LogP contribution in [0.1, 0.15) is 18.1 Å². The lowest BCUT2D eigenvalue weighted by molar-refractivity contribution is -0.113. The highest BCUT2D eigenvalue weighted by Gasteiger charge is 2.33. The molecule has 1 heterocycles. The molecule has 0 saturated carbocycles. The number of rotatable bonds is 7. The Bertz CT molecular complexity index is 1420. The van der Waals surface area contributed by atoms with E-state index in [-0.39, 0.29) is 5.91 Å². The van der Waals surface area contributed by atoms with E-state index in [4.69, 9.17) is 21.7 Å². The molecule has 4 aromatic rings. The fraction of sp³-hybridized carbons (Fsp3) is 0.103. The van der Waals surface area contributed by atoms with Crippen LogP contribution >= 0.6 is 24.0 Å². The SMILES string of the molecule is CCOc1ccc(N2C(=O)/C(=C\c3c(OCc4ccccc4)ccc4ccccc34)SC2=S)cc1. The first-order valence-corrected chi connectivity index (χ1v) is 12.6. The second-order valence-corrected chi connectivity index (χ2v) is 9.59. The molecule has 1 amide bonds. The van der Waals surface area contributed by atoms with Crippen LogP contribution < -0.4 is 14.4 Å². The van der Waals surface area contributed by atoms with Gasteiger partial charge >= 0.3 is 0 Å². The lowest BCUT2D eigenvalue weighted by atomic mass is 10.0. The lowest BCUT2D eigenvalue weighted by Crippen LogP contribution is -2.27. The summed E-state index contributed by atoms with van der Waals surface area (Å²) < 4.78 is 12.2. The van der Waals surface area contributed by atoms with E-state index in [0.29, 0.717) is 22.4 Å². The summed E-state index contributed by atoms with van der Waals surface area (Å²) in [4.78, 5) is 15.6. The number of thiocarbonyl (C=S) groups is 1. The highest BCUT2D eigenvalue weighted by molar-refractivity contribution is 8.27. The molecule has 0 aromatic heterocycles. The van der Waals surface area contributed by atoms with Gasteiger partial charge in [-0.2, -0.15) is 0 Å². The third-order valence-electron chi connectivity index (χ3n) is 5.64. The fourth-order valence-corrected chi connectivity index (χ4v) is 5.25.